The van der Waals surface area contributed by atoms with E-state index in [0.717, 1.165) is 34.6 Å². The second-order valence-corrected chi connectivity index (χ2v) is 7.35. The Morgan fingerprint density at radius 1 is 1.19 bits per heavy atom. The van der Waals surface area contributed by atoms with Gasteiger partial charge in [-0.3, -0.25) is 9.48 Å². The smallest absolute Gasteiger partial charge is 0.254 e. The van der Waals surface area contributed by atoms with Gasteiger partial charge in [0.25, 0.3) is 5.91 Å². The van der Waals surface area contributed by atoms with Crippen LogP contribution in [0.1, 0.15) is 51.8 Å². The Labute approximate surface area is 157 Å². The Morgan fingerprint density at radius 3 is 2.78 bits per heavy atom. The molecule has 1 fully saturated rings. The van der Waals surface area contributed by atoms with Gasteiger partial charge < -0.3 is 4.90 Å². The molecule has 1 aliphatic carbocycles. The summed E-state index contributed by atoms with van der Waals surface area (Å²) in [5.74, 6) is 1.62. The maximum Gasteiger partial charge on any atom is 0.254 e. The van der Waals surface area contributed by atoms with Gasteiger partial charge in [0, 0.05) is 55.1 Å². The number of carbonyl (C=O) groups excluding carboxylic acids is 1. The summed E-state index contributed by atoms with van der Waals surface area (Å²) in [6.45, 7) is 2.01. The minimum Gasteiger partial charge on any atom is -0.334 e. The molecule has 136 valence electrons. The van der Waals surface area contributed by atoms with E-state index in [9.17, 15) is 4.79 Å². The third kappa shape index (κ3) is 3.35. The van der Waals surface area contributed by atoms with Crippen molar-refractivity contribution in [2.75, 3.05) is 6.54 Å². The Kier molecular flexibility index (Phi) is 3.96. The molecule has 0 radical (unpaired) electrons. The maximum atomic E-state index is 12.9. The Morgan fingerprint density at radius 2 is 2.04 bits per heavy atom. The zero-order chi connectivity index (χ0) is 18.2. The SMILES string of the molecule is O=C(c1ccc(Cn2cccn2)cc1)N1CCc2nc(C3CC3)ncc2C1. The molecule has 1 amide bonds. The summed E-state index contributed by atoms with van der Waals surface area (Å²) in [5, 5.41) is 4.21. The second kappa shape index (κ2) is 6.61. The third-order valence-corrected chi connectivity index (χ3v) is 5.29. The van der Waals surface area contributed by atoms with E-state index < -0.39 is 0 Å². The lowest BCUT2D eigenvalue weighted by atomic mass is 10.0. The number of aromatic nitrogens is 4. The number of amides is 1. The average Bonchev–Trinajstić information content (AvgIpc) is 3.44. The van der Waals surface area contributed by atoms with Gasteiger partial charge in [-0.05, 0) is 36.6 Å². The highest BCUT2D eigenvalue weighted by atomic mass is 16.2. The van der Waals surface area contributed by atoms with Crippen LogP contribution >= 0.6 is 0 Å². The highest BCUT2D eigenvalue weighted by Crippen LogP contribution is 2.38. The normalized spacial score (nSPS) is 16.2. The summed E-state index contributed by atoms with van der Waals surface area (Å²) >= 11 is 0. The fourth-order valence-electron chi connectivity index (χ4n) is 3.56. The van der Waals surface area contributed by atoms with Gasteiger partial charge in [-0.15, -0.1) is 0 Å². The van der Waals surface area contributed by atoms with E-state index in [2.05, 4.69) is 10.1 Å². The van der Waals surface area contributed by atoms with Crippen LogP contribution < -0.4 is 0 Å². The molecule has 5 rings (SSSR count). The van der Waals surface area contributed by atoms with Crippen molar-refractivity contribution < 1.29 is 4.79 Å². The van der Waals surface area contributed by atoms with Crippen molar-refractivity contribution in [3.63, 3.8) is 0 Å². The van der Waals surface area contributed by atoms with Gasteiger partial charge in [-0.1, -0.05) is 12.1 Å². The number of rotatable bonds is 4. The molecule has 0 atom stereocenters. The van der Waals surface area contributed by atoms with E-state index in [1.165, 1.54) is 12.8 Å². The molecule has 6 heteroatoms. The molecule has 0 saturated heterocycles. The lowest BCUT2D eigenvalue weighted by molar-refractivity contribution is 0.0733. The van der Waals surface area contributed by atoms with Gasteiger partial charge in [0.05, 0.1) is 12.2 Å². The van der Waals surface area contributed by atoms with Crippen molar-refractivity contribution in [1.29, 1.82) is 0 Å². The van der Waals surface area contributed by atoms with E-state index >= 15 is 0 Å². The van der Waals surface area contributed by atoms with Crippen LogP contribution in [0, 0.1) is 0 Å². The van der Waals surface area contributed by atoms with Crippen LogP contribution in [0.4, 0.5) is 0 Å². The summed E-state index contributed by atoms with van der Waals surface area (Å²) in [7, 11) is 0. The van der Waals surface area contributed by atoms with Crippen LogP contribution in [0.25, 0.3) is 0 Å². The summed E-state index contributed by atoms with van der Waals surface area (Å²) in [4.78, 5) is 24.0. The largest absolute Gasteiger partial charge is 0.334 e. The second-order valence-electron chi connectivity index (χ2n) is 7.35. The molecule has 3 aromatic rings. The molecule has 2 aromatic heterocycles. The lowest BCUT2D eigenvalue weighted by Gasteiger charge is -2.28. The Balaban J connectivity index is 1.28. The zero-order valence-corrected chi connectivity index (χ0v) is 15.1. The minimum atomic E-state index is 0.0672. The summed E-state index contributed by atoms with van der Waals surface area (Å²) < 4.78 is 1.87. The Hall–Kier alpha value is -3.02. The molecule has 0 bridgehead atoms. The monoisotopic (exact) mass is 359 g/mol. The standard InChI is InChI=1S/C21H21N5O/c27-21(17-4-2-15(3-5-17)13-26-10-1-9-23-26)25-11-8-19-18(14-25)12-22-20(24-19)16-6-7-16/h1-5,9-10,12,16H,6-8,11,13-14H2. The van der Waals surface area contributed by atoms with Gasteiger partial charge >= 0.3 is 0 Å². The highest BCUT2D eigenvalue weighted by molar-refractivity contribution is 5.94. The first-order valence-electron chi connectivity index (χ1n) is 9.46. The summed E-state index contributed by atoms with van der Waals surface area (Å²) in [5.41, 5.74) is 4.04. The van der Waals surface area contributed by atoms with Crippen LogP contribution in [0.5, 0.6) is 0 Å². The van der Waals surface area contributed by atoms with Crippen LogP contribution in [0.3, 0.4) is 0 Å². The third-order valence-electron chi connectivity index (χ3n) is 5.29. The molecule has 2 aliphatic rings. The number of hydrogen-bond donors (Lipinski definition) is 0. The Bertz CT molecular complexity index is 961. The van der Waals surface area contributed by atoms with Gasteiger partial charge in [-0.2, -0.15) is 5.10 Å². The first kappa shape index (κ1) is 16.2. The minimum absolute atomic E-state index is 0.0672. The molecule has 1 aliphatic heterocycles. The van der Waals surface area contributed by atoms with Gasteiger partial charge in [-0.25, -0.2) is 9.97 Å². The van der Waals surface area contributed by atoms with Gasteiger partial charge in [0.15, 0.2) is 0 Å². The lowest BCUT2D eigenvalue weighted by Crippen LogP contribution is -2.36. The van der Waals surface area contributed by atoms with Gasteiger partial charge in [0.2, 0.25) is 0 Å². The van der Waals surface area contributed by atoms with E-state index in [1.807, 2.05) is 52.3 Å². The topological polar surface area (TPSA) is 63.9 Å². The molecule has 6 nitrogen and oxygen atoms in total. The van der Waals surface area contributed by atoms with Crippen LogP contribution in [-0.4, -0.2) is 37.1 Å². The molecule has 1 saturated carbocycles. The first-order valence-corrected chi connectivity index (χ1v) is 9.46. The molecular formula is C21H21N5O. The number of nitrogens with zero attached hydrogens (tertiary/aromatic N) is 5. The van der Waals surface area contributed by atoms with Crippen molar-refractivity contribution in [2.24, 2.45) is 0 Å². The summed E-state index contributed by atoms with van der Waals surface area (Å²) in [6, 6.07) is 9.71. The number of hydrogen-bond acceptors (Lipinski definition) is 4. The van der Waals surface area contributed by atoms with Crippen molar-refractivity contribution in [3.05, 3.63) is 77.1 Å². The maximum absolute atomic E-state index is 12.9. The van der Waals surface area contributed by atoms with Crippen LogP contribution in [0.2, 0.25) is 0 Å². The van der Waals surface area contributed by atoms with Gasteiger partial charge in [0.1, 0.15) is 5.82 Å². The van der Waals surface area contributed by atoms with E-state index in [1.54, 1.807) is 6.20 Å². The zero-order valence-electron chi connectivity index (χ0n) is 15.1. The molecule has 0 unspecified atom stereocenters. The average molecular weight is 359 g/mol. The number of carbonyl (C=O) groups is 1. The molecule has 3 heterocycles. The first-order chi connectivity index (χ1) is 13.3. The molecule has 1 aromatic carbocycles. The van der Waals surface area contributed by atoms with E-state index in [0.29, 0.717) is 25.6 Å². The highest BCUT2D eigenvalue weighted by Gasteiger charge is 2.29. The van der Waals surface area contributed by atoms with Crippen LogP contribution in [0.15, 0.2) is 48.9 Å². The molecule has 0 N–H and O–H groups in total. The van der Waals surface area contributed by atoms with E-state index in [4.69, 9.17) is 4.98 Å². The van der Waals surface area contributed by atoms with Crippen LogP contribution in [-0.2, 0) is 19.5 Å². The quantitative estimate of drug-likeness (QED) is 0.719. The van der Waals surface area contributed by atoms with Crippen molar-refractivity contribution in [3.8, 4) is 0 Å². The molecule has 0 spiro atoms. The molecular weight excluding hydrogens is 338 g/mol. The van der Waals surface area contributed by atoms with Crippen molar-refractivity contribution >= 4 is 5.91 Å². The predicted octanol–water partition coefficient (Wildman–Crippen LogP) is 2.80. The van der Waals surface area contributed by atoms with Crippen molar-refractivity contribution in [1.82, 2.24) is 24.6 Å². The number of benzene rings is 1. The summed E-state index contributed by atoms with van der Waals surface area (Å²) in [6.07, 6.45) is 8.84. The fourth-order valence-corrected chi connectivity index (χ4v) is 3.56. The number of fused-ring (bicyclic) bond motifs is 1. The van der Waals surface area contributed by atoms with Crippen molar-refractivity contribution in [2.45, 2.75) is 38.3 Å². The predicted molar refractivity (Wildman–Crippen MR) is 100 cm³/mol. The molecule has 27 heavy (non-hydrogen) atoms. The fraction of sp³-hybridized carbons (Fsp3) is 0.333. The van der Waals surface area contributed by atoms with E-state index in [-0.39, 0.29) is 5.91 Å².